The summed E-state index contributed by atoms with van der Waals surface area (Å²) in [6, 6.07) is 1.90. The Balaban J connectivity index is 3.28. The minimum atomic E-state index is -4.57. The van der Waals surface area contributed by atoms with Gasteiger partial charge in [0.25, 0.3) is 0 Å². The van der Waals surface area contributed by atoms with Crippen molar-refractivity contribution < 1.29 is 26.8 Å². The van der Waals surface area contributed by atoms with Gasteiger partial charge in [-0.2, -0.15) is 4.31 Å². The van der Waals surface area contributed by atoms with Crippen LogP contribution in [0.15, 0.2) is 23.1 Å². The Morgan fingerprint density at radius 2 is 1.59 bits per heavy atom. The summed E-state index contributed by atoms with van der Waals surface area (Å²) in [6.45, 7) is -1.41. The number of nitrogens with one attached hydrogen (secondary N) is 2. The monoisotopic (exact) mass is 335 g/mol. The molecule has 0 heterocycles. The number of sulfonamides is 1. The predicted octanol–water partition coefficient (Wildman–Crippen LogP) is -0.552. The van der Waals surface area contributed by atoms with Gasteiger partial charge in [0.2, 0.25) is 21.8 Å². The van der Waals surface area contributed by atoms with Crippen molar-refractivity contribution in [1.29, 1.82) is 0 Å². The average Bonchev–Trinajstić information content (AvgIpc) is 2.48. The Bertz CT molecular complexity index is 661. The molecule has 7 nitrogen and oxygen atoms in total. The van der Waals surface area contributed by atoms with Gasteiger partial charge in [-0.3, -0.25) is 9.59 Å². The number of rotatable bonds is 6. The fourth-order valence-corrected chi connectivity index (χ4v) is 2.95. The Kier molecular flexibility index (Phi) is 5.94. The standard InChI is InChI=1S/C12H15F2N3O4S/c1-15-11(18)6-17(7-12(19)16-2)22(20,21)10-5-8(13)3-4-9(10)14/h3-5H,6-7H2,1-2H3,(H,15,18)(H,16,19). The molecule has 2 amide bonds. The van der Waals surface area contributed by atoms with Gasteiger partial charge in [-0.15, -0.1) is 0 Å². The lowest BCUT2D eigenvalue weighted by atomic mass is 10.3. The first-order valence-corrected chi connectivity index (χ1v) is 7.52. The average molecular weight is 335 g/mol. The summed E-state index contributed by atoms with van der Waals surface area (Å²) in [5, 5.41) is 4.38. The lowest BCUT2D eigenvalue weighted by molar-refractivity contribution is -0.122. The molecule has 0 bridgehead atoms. The molecule has 0 saturated heterocycles. The molecule has 0 spiro atoms. The van der Waals surface area contributed by atoms with E-state index in [0.29, 0.717) is 16.4 Å². The Morgan fingerprint density at radius 1 is 1.09 bits per heavy atom. The number of carbonyl (C=O) groups excluding carboxylic acids is 2. The van der Waals surface area contributed by atoms with Crippen LogP contribution in [0.1, 0.15) is 0 Å². The van der Waals surface area contributed by atoms with E-state index in [2.05, 4.69) is 10.6 Å². The van der Waals surface area contributed by atoms with Crippen LogP contribution >= 0.6 is 0 Å². The number of hydrogen-bond acceptors (Lipinski definition) is 4. The maximum absolute atomic E-state index is 13.7. The van der Waals surface area contributed by atoms with Gasteiger partial charge in [0, 0.05) is 14.1 Å². The number of halogens is 2. The zero-order valence-electron chi connectivity index (χ0n) is 11.9. The number of nitrogens with zero attached hydrogens (tertiary/aromatic N) is 1. The molecule has 0 aromatic heterocycles. The van der Waals surface area contributed by atoms with Crippen LogP contribution in [0.2, 0.25) is 0 Å². The predicted molar refractivity (Wildman–Crippen MR) is 73.3 cm³/mol. The van der Waals surface area contributed by atoms with Crippen molar-refractivity contribution in [3.05, 3.63) is 29.8 Å². The first-order valence-electron chi connectivity index (χ1n) is 6.08. The third-order valence-corrected chi connectivity index (χ3v) is 4.52. The molecule has 1 aromatic rings. The topological polar surface area (TPSA) is 95.6 Å². The third-order valence-electron chi connectivity index (χ3n) is 2.71. The molecule has 0 fully saturated rings. The summed E-state index contributed by atoms with van der Waals surface area (Å²) in [4.78, 5) is 21.9. The second kappa shape index (κ2) is 7.27. The molecule has 2 N–H and O–H groups in total. The van der Waals surface area contributed by atoms with Crippen LogP contribution in [0.4, 0.5) is 8.78 Å². The van der Waals surface area contributed by atoms with Crippen LogP contribution in [0.3, 0.4) is 0 Å². The first-order chi connectivity index (χ1) is 10.2. The van der Waals surface area contributed by atoms with Gasteiger partial charge in [0.05, 0.1) is 13.1 Å². The highest BCUT2D eigenvalue weighted by Crippen LogP contribution is 2.20. The molecule has 0 aliphatic carbocycles. The molecule has 122 valence electrons. The van der Waals surface area contributed by atoms with Crippen LogP contribution < -0.4 is 10.6 Å². The molecule has 0 aliphatic rings. The second-order valence-corrected chi connectivity index (χ2v) is 6.10. The summed E-state index contributed by atoms with van der Waals surface area (Å²) in [7, 11) is -2.02. The van der Waals surface area contributed by atoms with Crippen molar-refractivity contribution in [2.24, 2.45) is 0 Å². The van der Waals surface area contributed by atoms with E-state index in [0.717, 1.165) is 6.07 Å². The van der Waals surface area contributed by atoms with E-state index in [1.807, 2.05) is 0 Å². The fraction of sp³-hybridized carbons (Fsp3) is 0.333. The molecule has 0 aliphatic heterocycles. The number of hydrogen-bond donors (Lipinski definition) is 2. The first kappa shape index (κ1) is 18.0. The van der Waals surface area contributed by atoms with Crippen molar-refractivity contribution in [1.82, 2.24) is 14.9 Å². The smallest absolute Gasteiger partial charge is 0.247 e. The number of benzene rings is 1. The van der Waals surface area contributed by atoms with Gasteiger partial charge >= 0.3 is 0 Å². The lowest BCUT2D eigenvalue weighted by Gasteiger charge is -2.20. The third kappa shape index (κ3) is 4.21. The number of likely N-dealkylation sites (N-methyl/N-ethyl adjacent to an activating group) is 2. The van der Waals surface area contributed by atoms with E-state index in [-0.39, 0.29) is 0 Å². The Hall–Kier alpha value is -2.07. The van der Waals surface area contributed by atoms with Gasteiger partial charge in [0.1, 0.15) is 16.5 Å². The highest BCUT2D eigenvalue weighted by atomic mass is 32.2. The van der Waals surface area contributed by atoms with Crippen molar-refractivity contribution in [2.45, 2.75) is 4.90 Å². The molecule has 1 rings (SSSR count). The Morgan fingerprint density at radius 3 is 2.05 bits per heavy atom. The summed E-state index contributed by atoms with van der Waals surface area (Å²) in [6.07, 6.45) is 0. The van der Waals surface area contributed by atoms with Crippen molar-refractivity contribution >= 4 is 21.8 Å². The zero-order chi connectivity index (χ0) is 16.9. The van der Waals surface area contributed by atoms with Gasteiger partial charge in [-0.25, -0.2) is 17.2 Å². The largest absolute Gasteiger partial charge is 0.358 e. The summed E-state index contributed by atoms with van der Waals surface area (Å²) >= 11 is 0. The SMILES string of the molecule is CNC(=O)CN(CC(=O)NC)S(=O)(=O)c1cc(F)ccc1F. The highest BCUT2D eigenvalue weighted by molar-refractivity contribution is 7.89. The molecule has 0 radical (unpaired) electrons. The van der Waals surface area contributed by atoms with Crippen LogP contribution in [0, 0.1) is 11.6 Å². The Labute approximate surface area is 126 Å². The van der Waals surface area contributed by atoms with Crippen LogP contribution in [0.5, 0.6) is 0 Å². The summed E-state index contributed by atoms with van der Waals surface area (Å²) < 4.78 is 52.1. The van der Waals surface area contributed by atoms with Crippen LogP contribution in [-0.4, -0.2) is 51.7 Å². The fourth-order valence-electron chi connectivity index (χ4n) is 1.52. The van der Waals surface area contributed by atoms with Gasteiger partial charge in [0.15, 0.2) is 0 Å². The molecular weight excluding hydrogens is 320 g/mol. The highest BCUT2D eigenvalue weighted by Gasteiger charge is 2.31. The maximum Gasteiger partial charge on any atom is 0.247 e. The maximum atomic E-state index is 13.7. The molecule has 1 aromatic carbocycles. The van der Waals surface area contributed by atoms with Crippen LogP contribution in [0.25, 0.3) is 0 Å². The van der Waals surface area contributed by atoms with E-state index in [1.165, 1.54) is 14.1 Å². The minimum Gasteiger partial charge on any atom is -0.358 e. The quantitative estimate of drug-likeness (QED) is 0.729. The normalized spacial score (nSPS) is 11.3. The summed E-state index contributed by atoms with van der Waals surface area (Å²) in [5.74, 6) is -3.55. The lowest BCUT2D eigenvalue weighted by Crippen LogP contribution is -2.44. The number of amides is 2. The molecule has 10 heteroatoms. The zero-order valence-corrected chi connectivity index (χ0v) is 12.7. The van der Waals surface area contributed by atoms with E-state index in [4.69, 9.17) is 0 Å². The van der Waals surface area contributed by atoms with E-state index >= 15 is 0 Å². The van der Waals surface area contributed by atoms with E-state index in [1.54, 1.807) is 0 Å². The minimum absolute atomic E-state index is 0.461. The molecular formula is C12H15F2N3O4S. The second-order valence-electron chi connectivity index (χ2n) is 4.19. The van der Waals surface area contributed by atoms with E-state index < -0.39 is 51.5 Å². The van der Waals surface area contributed by atoms with Crippen LogP contribution in [-0.2, 0) is 19.6 Å². The van der Waals surface area contributed by atoms with Gasteiger partial charge in [-0.1, -0.05) is 0 Å². The summed E-state index contributed by atoms with van der Waals surface area (Å²) in [5.41, 5.74) is 0. The van der Waals surface area contributed by atoms with Crippen molar-refractivity contribution in [3.63, 3.8) is 0 Å². The molecule has 0 atom stereocenters. The molecule has 0 saturated carbocycles. The van der Waals surface area contributed by atoms with Gasteiger partial charge < -0.3 is 10.6 Å². The molecule has 22 heavy (non-hydrogen) atoms. The van der Waals surface area contributed by atoms with Gasteiger partial charge in [-0.05, 0) is 18.2 Å². The number of carbonyl (C=O) groups is 2. The van der Waals surface area contributed by atoms with E-state index in [9.17, 15) is 26.8 Å². The van der Waals surface area contributed by atoms with Crippen molar-refractivity contribution in [2.75, 3.05) is 27.2 Å². The molecule has 0 unspecified atom stereocenters. The van der Waals surface area contributed by atoms with Crippen molar-refractivity contribution in [3.8, 4) is 0 Å².